The molecule has 31 heavy (non-hydrogen) atoms. The number of aliphatic hydroxyl groups is 1. The van der Waals surface area contributed by atoms with Gasteiger partial charge in [0.25, 0.3) is 11.7 Å². The second kappa shape index (κ2) is 8.60. The van der Waals surface area contributed by atoms with E-state index in [0.717, 1.165) is 23.1 Å². The van der Waals surface area contributed by atoms with Crippen molar-refractivity contribution >= 4 is 17.4 Å². The number of nitrogens with zero attached hydrogens (tertiary/aromatic N) is 1. The SMILES string of the molecule is CCc1ccc(C2/C(=C(/O)c3ccc(C)cc3)C(=O)C(=O)N2Cc2ccccc2)cc1. The molecule has 1 aliphatic rings. The summed E-state index contributed by atoms with van der Waals surface area (Å²) in [7, 11) is 0. The molecule has 0 aliphatic carbocycles. The van der Waals surface area contributed by atoms with Gasteiger partial charge in [0.2, 0.25) is 0 Å². The first-order chi connectivity index (χ1) is 15.0. The molecule has 1 saturated heterocycles. The molecule has 3 aromatic carbocycles. The molecule has 1 aliphatic heterocycles. The van der Waals surface area contributed by atoms with E-state index in [1.54, 1.807) is 17.0 Å². The molecule has 1 fully saturated rings. The molecular formula is C27H25NO3. The Hall–Kier alpha value is -3.66. The van der Waals surface area contributed by atoms with Gasteiger partial charge >= 0.3 is 0 Å². The highest BCUT2D eigenvalue weighted by molar-refractivity contribution is 6.46. The van der Waals surface area contributed by atoms with E-state index < -0.39 is 17.7 Å². The van der Waals surface area contributed by atoms with Crippen LogP contribution in [0.25, 0.3) is 5.76 Å². The van der Waals surface area contributed by atoms with E-state index in [9.17, 15) is 14.7 Å². The van der Waals surface area contributed by atoms with Crippen molar-refractivity contribution in [3.05, 3.63) is 112 Å². The largest absolute Gasteiger partial charge is 0.507 e. The van der Waals surface area contributed by atoms with E-state index in [1.807, 2.05) is 73.7 Å². The monoisotopic (exact) mass is 411 g/mol. The van der Waals surface area contributed by atoms with Crippen LogP contribution in [0.4, 0.5) is 0 Å². The summed E-state index contributed by atoms with van der Waals surface area (Å²) >= 11 is 0. The number of amides is 1. The van der Waals surface area contributed by atoms with E-state index in [2.05, 4.69) is 6.92 Å². The van der Waals surface area contributed by atoms with Gasteiger partial charge in [0, 0.05) is 12.1 Å². The van der Waals surface area contributed by atoms with Crippen LogP contribution in [0.2, 0.25) is 0 Å². The van der Waals surface area contributed by atoms with Crippen LogP contribution in [0, 0.1) is 6.92 Å². The van der Waals surface area contributed by atoms with Gasteiger partial charge in [-0.2, -0.15) is 0 Å². The molecule has 3 aromatic rings. The molecule has 1 N–H and O–H groups in total. The standard InChI is InChI=1S/C27H25NO3/c1-3-19-11-15-21(16-12-19)24-23(25(29)22-13-9-18(2)10-14-22)26(30)27(31)28(24)17-20-7-5-4-6-8-20/h4-16,24,29H,3,17H2,1-2H3/b25-23-. The van der Waals surface area contributed by atoms with Crippen LogP contribution in [-0.4, -0.2) is 21.7 Å². The van der Waals surface area contributed by atoms with Crippen LogP contribution in [0.5, 0.6) is 0 Å². The van der Waals surface area contributed by atoms with Gasteiger partial charge in [-0.3, -0.25) is 9.59 Å². The van der Waals surface area contributed by atoms with Gasteiger partial charge in [-0.15, -0.1) is 0 Å². The zero-order valence-electron chi connectivity index (χ0n) is 17.7. The molecule has 0 bridgehead atoms. The number of aryl methyl sites for hydroxylation is 2. The van der Waals surface area contributed by atoms with Crippen molar-refractivity contribution in [3.8, 4) is 0 Å². The molecule has 0 aromatic heterocycles. The van der Waals surface area contributed by atoms with Gasteiger partial charge in [-0.1, -0.05) is 91.3 Å². The summed E-state index contributed by atoms with van der Waals surface area (Å²) in [6.07, 6.45) is 0.897. The van der Waals surface area contributed by atoms with Gasteiger partial charge in [0.05, 0.1) is 11.6 Å². The topological polar surface area (TPSA) is 57.6 Å². The maximum Gasteiger partial charge on any atom is 0.295 e. The fourth-order valence-electron chi connectivity index (χ4n) is 3.97. The molecule has 1 heterocycles. The number of carbonyl (C=O) groups excluding carboxylic acids is 2. The minimum Gasteiger partial charge on any atom is -0.507 e. The Morgan fingerprint density at radius 2 is 1.52 bits per heavy atom. The van der Waals surface area contributed by atoms with Crippen LogP contribution in [0.3, 0.4) is 0 Å². The van der Waals surface area contributed by atoms with Crippen LogP contribution in [0.1, 0.15) is 40.8 Å². The third kappa shape index (κ3) is 4.02. The predicted octanol–water partition coefficient (Wildman–Crippen LogP) is 5.18. The second-order valence-corrected chi connectivity index (χ2v) is 7.87. The quantitative estimate of drug-likeness (QED) is 0.358. The summed E-state index contributed by atoms with van der Waals surface area (Å²) in [5.74, 6) is -1.39. The zero-order chi connectivity index (χ0) is 22.0. The Bertz CT molecular complexity index is 1130. The zero-order valence-corrected chi connectivity index (χ0v) is 17.7. The van der Waals surface area contributed by atoms with Crippen LogP contribution < -0.4 is 0 Å². The normalized spacial score (nSPS) is 17.9. The number of likely N-dealkylation sites (tertiary alicyclic amines) is 1. The van der Waals surface area contributed by atoms with Crippen molar-refractivity contribution in [2.75, 3.05) is 0 Å². The third-order valence-electron chi connectivity index (χ3n) is 5.76. The first-order valence-corrected chi connectivity index (χ1v) is 10.5. The summed E-state index contributed by atoms with van der Waals surface area (Å²) < 4.78 is 0. The maximum absolute atomic E-state index is 13.1. The molecule has 0 spiro atoms. The lowest BCUT2D eigenvalue weighted by molar-refractivity contribution is -0.140. The maximum atomic E-state index is 13.1. The van der Waals surface area contributed by atoms with Gasteiger partial charge < -0.3 is 10.0 Å². The molecule has 0 radical (unpaired) electrons. The fourth-order valence-corrected chi connectivity index (χ4v) is 3.97. The summed E-state index contributed by atoms with van der Waals surface area (Å²) in [5.41, 5.74) is 4.61. The van der Waals surface area contributed by atoms with E-state index >= 15 is 0 Å². The summed E-state index contributed by atoms with van der Waals surface area (Å²) in [5, 5.41) is 11.1. The molecule has 1 unspecified atom stereocenters. The van der Waals surface area contributed by atoms with Crippen molar-refractivity contribution in [3.63, 3.8) is 0 Å². The van der Waals surface area contributed by atoms with E-state index in [4.69, 9.17) is 0 Å². The Kier molecular flexibility index (Phi) is 5.72. The lowest BCUT2D eigenvalue weighted by atomic mass is 9.94. The smallest absolute Gasteiger partial charge is 0.295 e. The molecule has 4 nitrogen and oxygen atoms in total. The second-order valence-electron chi connectivity index (χ2n) is 7.87. The van der Waals surface area contributed by atoms with Crippen molar-refractivity contribution < 1.29 is 14.7 Å². The highest BCUT2D eigenvalue weighted by atomic mass is 16.3. The molecule has 0 saturated carbocycles. The van der Waals surface area contributed by atoms with Crippen LogP contribution >= 0.6 is 0 Å². The number of hydrogen-bond acceptors (Lipinski definition) is 3. The Morgan fingerprint density at radius 1 is 0.871 bits per heavy atom. The third-order valence-corrected chi connectivity index (χ3v) is 5.76. The molecular weight excluding hydrogens is 386 g/mol. The summed E-state index contributed by atoms with van der Waals surface area (Å²) in [6.45, 7) is 4.32. The van der Waals surface area contributed by atoms with Gasteiger partial charge in [0.1, 0.15) is 5.76 Å². The number of Topliss-reactive ketones (excluding diaryl/α,β-unsaturated/α-hetero) is 1. The van der Waals surface area contributed by atoms with Crippen molar-refractivity contribution in [2.24, 2.45) is 0 Å². The van der Waals surface area contributed by atoms with Crippen molar-refractivity contribution in [1.82, 2.24) is 4.90 Å². The highest BCUT2D eigenvalue weighted by Gasteiger charge is 2.46. The van der Waals surface area contributed by atoms with Crippen molar-refractivity contribution in [2.45, 2.75) is 32.9 Å². The molecule has 156 valence electrons. The molecule has 4 rings (SSSR count). The Morgan fingerprint density at radius 3 is 2.13 bits per heavy atom. The van der Waals surface area contributed by atoms with Gasteiger partial charge in [-0.05, 0) is 30.0 Å². The lowest BCUT2D eigenvalue weighted by Crippen LogP contribution is -2.29. The van der Waals surface area contributed by atoms with Gasteiger partial charge in [-0.25, -0.2) is 0 Å². The van der Waals surface area contributed by atoms with Crippen LogP contribution in [0.15, 0.2) is 84.4 Å². The Balaban J connectivity index is 1.85. The predicted molar refractivity (Wildman–Crippen MR) is 121 cm³/mol. The molecule has 1 amide bonds. The number of rotatable bonds is 5. The summed E-state index contributed by atoms with van der Waals surface area (Å²) in [4.78, 5) is 27.7. The Labute approximate surface area is 182 Å². The first kappa shape index (κ1) is 20.6. The average Bonchev–Trinajstić information content (AvgIpc) is 3.05. The number of benzene rings is 3. The first-order valence-electron chi connectivity index (χ1n) is 10.5. The van der Waals surface area contributed by atoms with E-state index in [-0.39, 0.29) is 17.9 Å². The number of hydrogen-bond donors (Lipinski definition) is 1. The van der Waals surface area contributed by atoms with E-state index in [1.165, 1.54) is 5.56 Å². The highest BCUT2D eigenvalue weighted by Crippen LogP contribution is 2.40. The lowest BCUT2D eigenvalue weighted by Gasteiger charge is -2.25. The number of aliphatic hydroxyl groups excluding tert-OH is 1. The minimum atomic E-state index is -0.654. The minimum absolute atomic E-state index is 0.133. The number of carbonyl (C=O) groups is 2. The molecule has 1 atom stereocenters. The van der Waals surface area contributed by atoms with Gasteiger partial charge in [0.15, 0.2) is 0 Å². The fraction of sp³-hybridized carbons (Fsp3) is 0.185. The summed E-state index contributed by atoms with van der Waals surface area (Å²) in [6, 6.07) is 24.1. The molecule has 4 heteroatoms. The average molecular weight is 412 g/mol. The van der Waals surface area contributed by atoms with E-state index in [0.29, 0.717) is 5.56 Å². The number of ketones is 1. The van der Waals surface area contributed by atoms with Crippen LogP contribution in [-0.2, 0) is 22.6 Å². The van der Waals surface area contributed by atoms with Crippen molar-refractivity contribution in [1.29, 1.82) is 0 Å².